The van der Waals surface area contributed by atoms with Gasteiger partial charge in [0.25, 0.3) is 0 Å². The summed E-state index contributed by atoms with van der Waals surface area (Å²) in [5, 5.41) is 0.586. The van der Waals surface area contributed by atoms with Gasteiger partial charge in [0.2, 0.25) is 0 Å². The molecule has 0 bridgehead atoms. The van der Waals surface area contributed by atoms with E-state index in [4.69, 9.17) is 5.73 Å². The first-order valence-corrected chi connectivity index (χ1v) is 4.88. The standard InChI is InChI=1S/C11H11F3N2/c12-11(13,14)9-1-2-10-8(7-9)3-5-16(10)6-4-15/h1-3,5,7H,4,6,15H2. The number of benzene rings is 1. The van der Waals surface area contributed by atoms with Crippen LogP contribution in [0, 0.1) is 0 Å². The van der Waals surface area contributed by atoms with Crippen molar-refractivity contribution in [3.63, 3.8) is 0 Å². The molecule has 16 heavy (non-hydrogen) atoms. The van der Waals surface area contributed by atoms with E-state index in [2.05, 4.69) is 0 Å². The van der Waals surface area contributed by atoms with Crippen molar-refractivity contribution in [1.82, 2.24) is 4.57 Å². The molecule has 2 nitrogen and oxygen atoms in total. The average Bonchev–Trinajstić information content (AvgIpc) is 2.60. The molecule has 0 spiro atoms. The molecule has 5 heteroatoms. The molecular weight excluding hydrogens is 217 g/mol. The van der Waals surface area contributed by atoms with Crippen LogP contribution in [0.4, 0.5) is 13.2 Å². The van der Waals surface area contributed by atoms with Crippen LogP contribution in [0.3, 0.4) is 0 Å². The molecule has 0 unspecified atom stereocenters. The van der Waals surface area contributed by atoms with Gasteiger partial charge in [0.15, 0.2) is 0 Å². The van der Waals surface area contributed by atoms with E-state index in [1.165, 1.54) is 6.07 Å². The maximum Gasteiger partial charge on any atom is 0.416 e. The second-order valence-electron chi connectivity index (χ2n) is 3.57. The predicted molar refractivity (Wildman–Crippen MR) is 56.0 cm³/mol. The molecule has 0 aliphatic heterocycles. The lowest BCUT2D eigenvalue weighted by molar-refractivity contribution is -0.137. The van der Waals surface area contributed by atoms with E-state index in [0.717, 1.165) is 17.6 Å². The van der Waals surface area contributed by atoms with Gasteiger partial charge in [-0.2, -0.15) is 13.2 Å². The fourth-order valence-corrected chi connectivity index (χ4v) is 1.71. The Hall–Kier alpha value is -1.49. The lowest BCUT2D eigenvalue weighted by atomic mass is 10.1. The summed E-state index contributed by atoms with van der Waals surface area (Å²) in [6.45, 7) is 1.07. The lowest BCUT2D eigenvalue weighted by Crippen LogP contribution is -2.09. The van der Waals surface area contributed by atoms with E-state index in [1.807, 2.05) is 4.57 Å². The number of nitrogens with zero attached hydrogens (tertiary/aromatic N) is 1. The molecule has 0 atom stereocenters. The highest BCUT2D eigenvalue weighted by Gasteiger charge is 2.30. The highest BCUT2D eigenvalue weighted by molar-refractivity contribution is 5.81. The van der Waals surface area contributed by atoms with Gasteiger partial charge >= 0.3 is 6.18 Å². The van der Waals surface area contributed by atoms with Crippen LogP contribution in [0.5, 0.6) is 0 Å². The Bertz CT molecular complexity index is 499. The molecule has 0 fully saturated rings. The predicted octanol–water partition coefficient (Wildman–Crippen LogP) is 2.62. The van der Waals surface area contributed by atoms with Gasteiger partial charge in [-0.15, -0.1) is 0 Å². The third-order valence-electron chi connectivity index (χ3n) is 2.47. The molecule has 2 aromatic rings. The summed E-state index contributed by atoms with van der Waals surface area (Å²) < 4.78 is 39.2. The molecule has 0 saturated carbocycles. The second-order valence-corrected chi connectivity index (χ2v) is 3.57. The molecule has 0 aliphatic carbocycles. The van der Waals surface area contributed by atoms with Crippen molar-refractivity contribution in [3.8, 4) is 0 Å². The third-order valence-corrected chi connectivity index (χ3v) is 2.47. The van der Waals surface area contributed by atoms with E-state index in [9.17, 15) is 13.2 Å². The highest BCUT2D eigenvalue weighted by atomic mass is 19.4. The van der Waals surface area contributed by atoms with Crippen LogP contribution in [0.1, 0.15) is 5.56 Å². The van der Waals surface area contributed by atoms with Gasteiger partial charge in [-0.05, 0) is 24.3 Å². The molecule has 1 aromatic carbocycles. The largest absolute Gasteiger partial charge is 0.416 e. The summed E-state index contributed by atoms with van der Waals surface area (Å²) in [6, 6.07) is 5.39. The summed E-state index contributed by atoms with van der Waals surface area (Å²) >= 11 is 0. The molecule has 1 aromatic heterocycles. The zero-order valence-electron chi connectivity index (χ0n) is 8.46. The van der Waals surface area contributed by atoms with Crippen molar-refractivity contribution in [2.24, 2.45) is 5.73 Å². The number of hydrogen-bond donors (Lipinski definition) is 1. The van der Waals surface area contributed by atoms with Crippen LogP contribution in [0.15, 0.2) is 30.5 Å². The fourth-order valence-electron chi connectivity index (χ4n) is 1.71. The van der Waals surface area contributed by atoms with E-state index in [1.54, 1.807) is 12.3 Å². The fraction of sp³-hybridized carbons (Fsp3) is 0.273. The van der Waals surface area contributed by atoms with E-state index in [-0.39, 0.29) is 0 Å². The monoisotopic (exact) mass is 228 g/mol. The minimum absolute atomic E-state index is 0.463. The minimum Gasteiger partial charge on any atom is -0.346 e. The molecule has 2 N–H and O–H groups in total. The number of fused-ring (bicyclic) bond motifs is 1. The molecular formula is C11H11F3N2. The quantitative estimate of drug-likeness (QED) is 0.841. The molecule has 0 radical (unpaired) electrons. The van der Waals surface area contributed by atoms with Gasteiger partial charge in [-0.1, -0.05) is 0 Å². The summed E-state index contributed by atoms with van der Waals surface area (Å²) in [5.74, 6) is 0. The Morgan fingerprint density at radius 1 is 1.19 bits per heavy atom. The Morgan fingerprint density at radius 2 is 1.94 bits per heavy atom. The van der Waals surface area contributed by atoms with Crippen LogP contribution in [-0.2, 0) is 12.7 Å². The van der Waals surface area contributed by atoms with Gasteiger partial charge in [0.05, 0.1) is 5.56 Å². The Balaban J connectivity index is 2.49. The second kappa shape index (κ2) is 3.83. The number of rotatable bonds is 2. The van der Waals surface area contributed by atoms with Crippen molar-refractivity contribution < 1.29 is 13.2 Å². The number of nitrogens with two attached hydrogens (primary N) is 1. The van der Waals surface area contributed by atoms with Crippen LogP contribution in [-0.4, -0.2) is 11.1 Å². The maximum absolute atomic E-state index is 12.4. The zero-order valence-corrected chi connectivity index (χ0v) is 8.46. The van der Waals surface area contributed by atoms with Crippen LogP contribution in [0.2, 0.25) is 0 Å². The Kier molecular flexibility index (Phi) is 2.63. The van der Waals surface area contributed by atoms with Gasteiger partial charge in [0, 0.05) is 30.2 Å². The SMILES string of the molecule is NCCn1ccc2cc(C(F)(F)F)ccc21. The summed E-state index contributed by atoms with van der Waals surface area (Å²) in [5.41, 5.74) is 5.57. The molecule has 0 aliphatic rings. The average molecular weight is 228 g/mol. The van der Waals surface area contributed by atoms with Gasteiger partial charge in [-0.3, -0.25) is 0 Å². The van der Waals surface area contributed by atoms with Crippen molar-refractivity contribution in [3.05, 3.63) is 36.0 Å². The Labute approximate surface area is 90.5 Å². The van der Waals surface area contributed by atoms with Crippen molar-refractivity contribution in [2.75, 3.05) is 6.54 Å². The molecule has 2 rings (SSSR count). The first kappa shape index (κ1) is 11.0. The van der Waals surface area contributed by atoms with Crippen LogP contribution < -0.4 is 5.73 Å². The summed E-state index contributed by atoms with van der Waals surface area (Å²) in [6.07, 6.45) is -2.54. The number of aromatic nitrogens is 1. The van der Waals surface area contributed by atoms with E-state index in [0.29, 0.717) is 18.5 Å². The zero-order chi connectivity index (χ0) is 11.8. The van der Waals surface area contributed by atoms with Crippen LogP contribution in [0.25, 0.3) is 10.9 Å². The smallest absolute Gasteiger partial charge is 0.346 e. The first-order chi connectivity index (χ1) is 7.52. The normalized spacial score (nSPS) is 12.2. The Morgan fingerprint density at radius 3 is 2.56 bits per heavy atom. The molecule has 1 heterocycles. The van der Waals surface area contributed by atoms with Crippen molar-refractivity contribution in [1.29, 1.82) is 0 Å². The summed E-state index contributed by atoms with van der Waals surface area (Å²) in [4.78, 5) is 0. The lowest BCUT2D eigenvalue weighted by Gasteiger charge is -2.07. The van der Waals surface area contributed by atoms with Gasteiger partial charge in [0.1, 0.15) is 0 Å². The molecule has 0 saturated heterocycles. The number of alkyl halides is 3. The molecule has 86 valence electrons. The number of hydrogen-bond acceptors (Lipinski definition) is 1. The third kappa shape index (κ3) is 1.90. The maximum atomic E-state index is 12.4. The van der Waals surface area contributed by atoms with Crippen molar-refractivity contribution >= 4 is 10.9 Å². The van der Waals surface area contributed by atoms with E-state index < -0.39 is 11.7 Å². The first-order valence-electron chi connectivity index (χ1n) is 4.88. The summed E-state index contributed by atoms with van der Waals surface area (Å²) in [7, 11) is 0. The van der Waals surface area contributed by atoms with Gasteiger partial charge in [-0.25, -0.2) is 0 Å². The van der Waals surface area contributed by atoms with Crippen molar-refractivity contribution in [2.45, 2.75) is 12.7 Å². The van der Waals surface area contributed by atoms with E-state index >= 15 is 0 Å². The van der Waals surface area contributed by atoms with Crippen LogP contribution >= 0.6 is 0 Å². The van der Waals surface area contributed by atoms with Gasteiger partial charge < -0.3 is 10.3 Å². The molecule has 0 amide bonds. The number of halogens is 3. The topological polar surface area (TPSA) is 30.9 Å². The highest BCUT2D eigenvalue weighted by Crippen LogP contribution is 2.31. The minimum atomic E-state index is -4.29.